The number of fused-ring (bicyclic) bond motifs is 1. The van der Waals surface area contributed by atoms with Crippen molar-refractivity contribution in [1.82, 2.24) is 10.3 Å². The number of dihydropyridines is 1. The standard InChI is InChI=1S/C18H18N2O4S/c1-3-23-17(21)11-9-19-10-12(18(22)24-4-2)15(11)16-20-13-7-5-6-8-14(13)25-16/h5-10,15,19H,3-4H2,1-2H3. The van der Waals surface area contributed by atoms with Crippen LogP contribution in [-0.2, 0) is 19.1 Å². The number of thiazole rings is 1. The summed E-state index contributed by atoms with van der Waals surface area (Å²) in [6.45, 7) is 3.98. The van der Waals surface area contributed by atoms with Crippen molar-refractivity contribution < 1.29 is 19.1 Å². The third-order valence-corrected chi connectivity index (χ3v) is 4.78. The molecule has 1 aromatic heterocycles. The lowest BCUT2D eigenvalue weighted by Crippen LogP contribution is -2.27. The van der Waals surface area contributed by atoms with Crippen LogP contribution in [0.2, 0.25) is 0 Å². The fourth-order valence-electron chi connectivity index (χ4n) is 2.62. The molecule has 1 aromatic carbocycles. The first-order valence-corrected chi connectivity index (χ1v) is 8.83. The van der Waals surface area contributed by atoms with Crippen molar-refractivity contribution in [3.63, 3.8) is 0 Å². The molecule has 1 aliphatic heterocycles. The van der Waals surface area contributed by atoms with Crippen molar-refractivity contribution in [3.05, 3.63) is 52.8 Å². The van der Waals surface area contributed by atoms with E-state index in [1.54, 1.807) is 26.2 Å². The Balaban J connectivity index is 2.06. The quantitative estimate of drug-likeness (QED) is 0.828. The Morgan fingerprint density at radius 1 is 1.08 bits per heavy atom. The minimum absolute atomic E-state index is 0.251. The second-order valence-electron chi connectivity index (χ2n) is 5.26. The van der Waals surface area contributed by atoms with Gasteiger partial charge in [0.25, 0.3) is 0 Å². The summed E-state index contributed by atoms with van der Waals surface area (Å²) >= 11 is 1.45. The SMILES string of the molecule is CCOC(=O)C1=CNC=C(C(=O)OCC)C1c1nc2ccccc2s1. The highest BCUT2D eigenvalue weighted by molar-refractivity contribution is 7.18. The molecule has 7 heteroatoms. The lowest BCUT2D eigenvalue weighted by atomic mass is 9.90. The number of aromatic nitrogens is 1. The van der Waals surface area contributed by atoms with E-state index in [0.717, 1.165) is 10.2 Å². The number of hydrogen-bond acceptors (Lipinski definition) is 7. The first-order valence-electron chi connectivity index (χ1n) is 8.01. The molecule has 0 saturated carbocycles. The zero-order chi connectivity index (χ0) is 17.8. The average Bonchev–Trinajstić information content (AvgIpc) is 3.05. The molecule has 0 amide bonds. The summed E-state index contributed by atoms with van der Waals surface area (Å²) in [5, 5.41) is 3.50. The summed E-state index contributed by atoms with van der Waals surface area (Å²) in [5.74, 6) is -1.57. The predicted octanol–water partition coefficient (Wildman–Crippen LogP) is 2.88. The number of benzene rings is 1. The van der Waals surface area contributed by atoms with Gasteiger partial charge in [0.2, 0.25) is 0 Å². The van der Waals surface area contributed by atoms with Crippen molar-refractivity contribution in [2.75, 3.05) is 13.2 Å². The van der Waals surface area contributed by atoms with Gasteiger partial charge >= 0.3 is 11.9 Å². The van der Waals surface area contributed by atoms with Gasteiger partial charge in [-0.05, 0) is 26.0 Å². The molecule has 2 aromatic rings. The van der Waals surface area contributed by atoms with Crippen LogP contribution < -0.4 is 5.32 Å². The lowest BCUT2D eigenvalue weighted by molar-refractivity contribution is -0.139. The molecule has 0 radical (unpaired) electrons. The number of para-hydroxylation sites is 1. The summed E-state index contributed by atoms with van der Waals surface area (Å²) in [6.07, 6.45) is 3.11. The number of rotatable bonds is 5. The minimum Gasteiger partial charge on any atom is -0.463 e. The van der Waals surface area contributed by atoms with E-state index in [0.29, 0.717) is 16.2 Å². The van der Waals surface area contributed by atoms with E-state index >= 15 is 0 Å². The Labute approximate surface area is 149 Å². The Morgan fingerprint density at radius 2 is 1.68 bits per heavy atom. The van der Waals surface area contributed by atoms with E-state index in [1.807, 2.05) is 24.3 Å². The highest BCUT2D eigenvalue weighted by Gasteiger charge is 2.36. The Morgan fingerprint density at radius 3 is 2.24 bits per heavy atom. The normalized spacial score (nSPS) is 14.5. The highest BCUT2D eigenvalue weighted by Crippen LogP contribution is 2.38. The van der Waals surface area contributed by atoms with E-state index in [2.05, 4.69) is 10.3 Å². The van der Waals surface area contributed by atoms with Gasteiger partial charge in [-0.3, -0.25) is 0 Å². The van der Waals surface area contributed by atoms with Crippen LogP contribution in [0.1, 0.15) is 24.8 Å². The van der Waals surface area contributed by atoms with Gasteiger partial charge in [-0.15, -0.1) is 11.3 Å². The topological polar surface area (TPSA) is 77.5 Å². The third kappa shape index (κ3) is 3.41. The summed E-state index contributed by atoms with van der Waals surface area (Å²) in [7, 11) is 0. The van der Waals surface area contributed by atoms with Crippen LogP contribution in [0.15, 0.2) is 47.8 Å². The van der Waals surface area contributed by atoms with Crippen molar-refractivity contribution in [3.8, 4) is 0 Å². The monoisotopic (exact) mass is 358 g/mol. The van der Waals surface area contributed by atoms with E-state index in [9.17, 15) is 9.59 Å². The van der Waals surface area contributed by atoms with Crippen molar-refractivity contribution >= 4 is 33.5 Å². The molecule has 0 spiro atoms. The number of carbonyl (C=O) groups excluding carboxylic acids is 2. The molecule has 2 heterocycles. The van der Waals surface area contributed by atoms with Crippen LogP contribution in [0.3, 0.4) is 0 Å². The molecule has 6 nitrogen and oxygen atoms in total. The number of esters is 2. The molecule has 1 N–H and O–H groups in total. The molecular weight excluding hydrogens is 340 g/mol. The number of nitrogens with zero attached hydrogens (tertiary/aromatic N) is 1. The Kier molecular flexibility index (Phi) is 5.14. The second kappa shape index (κ2) is 7.48. The van der Waals surface area contributed by atoms with E-state index < -0.39 is 17.9 Å². The van der Waals surface area contributed by atoms with Crippen molar-refractivity contribution in [1.29, 1.82) is 0 Å². The number of hydrogen-bond donors (Lipinski definition) is 1. The Bertz CT molecular complexity index is 802. The van der Waals surface area contributed by atoms with Crippen LogP contribution in [-0.4, -0.2) is 30.1 Å². The Hall–Kier alpha value is -2.67. The molecule has 25 heavy (non-hydrogen) atoms. The molecule has 130 valence electrons. The molecule has 3 rings (SSSR count). The van der Waals surface area contributed by atoms with Crippen LogP contribution in [0.25, 0.3) is 10.2 Å². The first-order chi connectivity index (χ1) is 12.2. The average molecular weight is 358 g/mol. The predicted molar refractivity (Wildman–Crippen MR) is 94.9 cm³/mol. The molecule has 0 aliphatic carbocycles. The van der Waals surface area contributed by atoms with E-state index in [1.165, 1.54) is 11.3 Å². The van der Waals surface area contributed by atoms with Crippen LogP contribution in [0.4, 0.5) is 0 Å². The van der Waals surface area contributed by atoms with Gasteiger partial charge in [-0.1, -0.05) is 12.1 Å². The molecular formula is C18H18N2O4S. The van der Waals surface area contributed by atoms with Gasteiger partial charge in [0.05, 0.1) is 40.5 Å². The number of carbonyl (C=O) groups is 2. The van der Waals surface area contributed by atoms with Crippen molar-refractivity contribution in [2.45, 2.75) is 19.8 Å². The smallest absolute Gasteiger partial charge is 0.336 e. The van der Waals surface area contributed by atoms with Crippen LogP contribution in [0, 0.1) is 0 Å². The molecule has 1 aliphatic rings. The van der Waals surface area contributed by atoms with Crippen molar-refractivity contribution in [2.24, 2.45) is 0 Å². The third-order valence-electron chi connectivity index (χ3n) is 3.68. The molecule has 0 bridgehead atoms. The summed E-state index contributed by atoms with van der Waals surface area (Å²) in [6, 6.07) is 7.69. The first kappa shape index (κ1) is 17.2. The van der Waals surface area contributed by atoms with Crippen LogP contribution >= 0.6 is 11.3 Å². The van der Waals surface area contributed by atoms with Gasteiger partial charge in [0.1, 0.15) is 5.01 Å². The van der Waals surface area contributed by atoms with E-state index in [4.69, 9.17) is 9.47 Å². The zero-order valence-corrected chi connectivity index (χ0v) is 14.8. The van der Waals surface area contributed by atoms with Crippen LogP contribution in [0.5, 0.6) is 0 Å². The fourth-order valence-corrected chi connectivity index (χ4v) is 3.72. The van der Waals surface area contributed by atoms with Gasteiger partial charge in [-0.25, -0.2) is 14.6 Å². The van der Waals surface area contributed by atoms with Gasteiger partial charge < -0.3 is 14.8 Å². The maximum atomic E-state index is 12.4. The van der Waals surface area contributed by atoms with Gasteiger partial charge in [0.15, 0.2) is 0 Å². The molecule has 0 unspecified atom stereocenters. The maximum Gasteiger partial charge on any atom is 0.336 e. The minimum atomic E-state index is -0.614. The largest absolute Gasteiger partial charge is 0.463 e. The zero-order valence-electron chi connectivity index (χ0n) is 13.9. The van der Waals surface area contributed by atoms with Gasteiger partial charge in [0, 0.05) is 12.4 Å². The maximum absolute atomic E-state index is 12.4. The second-order valence-corrected chi connectivity index (χ2v) is 6.32. The summed E-state index contributed by atoms with van der Waals surface area (Å²) < 4.78 is 11.3. The molecule has 0 atom stereocenters. The molecule has 0 saturated heterocycles. The van der Waals surface area contributed by atoms with E-state index in [-0.39, 0.29) is 13.2 Å². The fraction of sp³-hybridized carbons (Fsp3) is 0.278. The summed E-state index contributed by atoms with van der Waals surface area (Å²) in [4.78, 5) is 29.4. The number of ether oxygens (including phenoxy) is 2. The highest BCUT2D eigenvalue weighted by atomic mass is 32.1. The lowest BCUT2D eigenvalue weighted by Gasteiger charge is -2.22. The van der Waals surface area contributed by atoms with Gasteiger partial charge in [-0.2, -0.15) is 0 Å². The summed E-state index contributed by atoms with van der Waals surface area (Å²) in [5.41, 5.74) is 1.50. The molecule has 0 fully saturated rings. The number of nitrogens with one attached hydrogen (secondary N) is 1.